The molecule has 0 saturated carbocycles. The number of rotatable bonds is 3. The molecule has 0 saturated heterocycles. The zero-order valence-electron chi connectivity index (χ0n) is 13.5. The average Bonchev–Trinajstić information content (AvgIpc) is 2.54. The molecule has 4 heteroatoms. The number of aromatic hydroxyl groups is 1. The van der Waals surface area contributed by atoms with Gasteiger partial charge in [-0.2, -0.15) is 0 Å². The van der Waals surface area contributed by atoms with Crippen molar-refractivity contribution in [3.05, 3.63) is 63.8 Å². The molecule has 0 bridgehead atoms. The van der Waals surface area contributed by atoms with E-state index in [0.29, 0.717) is 34.4 Å². The van der Waals surface area contributed by atoms with Crippen molar-refractivity contribution >= 4 is 11.0 Å². The van der Waals surface area contributed by atoms with Crippen LogP contribution in [0.25, 0.3) is 22.3 Å². The van der Waals surface area contributed by atoms with E-state index in [1.54, 1.807) is 19.1 Å². The number of hydrogen-bond donors (Lipinski definition) is 1. The van der Waals surface area contributed by atoms with Gasteiger partial charge in [0.05, 0.1) is 10.9 Å². The van der Waals surface area contributed by atoms with Crippen molar-refractivity contribution in [3.63, 3.8) is 0 Å². The van der Waals surface area contributed by atoms with Crippen LogP contribution in [0.3, 0.4) is 0 Å². The van der Waals surface area contributed by atoms with Gasteiger partial charge in [-0.3, -0.25) is 4.79 Å². The molecule has 3 aromatic rings. The number of phenolic OH excluding ortho intramolecular Hbond substituents is 1. The standard InChI is InChI=1S/C19H19NO3/c1-12-17(22)14-9-10-16(21)15(11-20(2)3)19(14)23-18(12)13-7-5-4-6-8-13/h4-10,21H,11H2,1-3H3. The third-order valence-electron chi connectivity index (χ3n) is 3.88. The van der Waals surface area contributed by atoms with Crippen molar-refractivity contribution in [2.75, 3.05) is 14.1 Å². The summed E-state index contributed by atoms with van der Waals surface area (Å²) in [4.78, 5) is 14.6. The molecule has 0 aliphatic rings. The molecule has 0 spiro atoms. The van der Waals surface area contributed by atoms with Crippen molar-refractivity contribution in [2.24, 2.45) is 0 Å². The van der Waals surface area contributed by atoms with Crippen LogP contribution in [0.2, 0.25) is 0 Å². The van der Waals surface area contributed by atoms with E-state index in [0.717, 1.165) is 5.56 Å². The third-order valence-corrected chi connectivity index (χ3v) is 3.88. The van der Waals surface area contributed by atoms with Gasteiger partial charge in [0.25, 0.3) is 0 Å². The highest BCUT2D eigenvalue weighted by atomic mass is 16.3. The minimum atomic E-state index is -0.0647. The van der Waals surface area contributed by atoms with E-state index in [1.807, 2.05) is 49.3 Å². The Morgan fingerprint density at radius 3 is 2.43 bits per heavy atom. The van der Waals surface area contributed by atoms with Crippen LogP contribution in [0.15, 0.2) is 51.7 Å². The van der Waals surface area contributed by atoms with Gasteiger partial charge in [-0.1, -0.05) is 30.3 Å². The van der Waals surface area contributed by atoms with E-state index >= 15 is 0 Å². The lowest BCUT2D eigenvalue weighted by molar-refractivity contribution is 0.384. The molecular formula is C19H19NO3. The summed E-state index contributed by atoms with van der Waals surface area (Å²) in [5.41, 5.74) is 2.44. The maximum Gasteiger partial charge on any atom is 0.196 e. The number of fused-ring (bicyclic) bond motifs is 1. The normalized spacial score (nSPS) is 11.3. The predicted molar refractivity (Wildman–Crippen MR) is 91.7 cm³/mol. The zero-order chi connectivity index (χ0) is 16.6. The topological polar surface area (TPSA) is 53.7 Å². The Hall–Kier alpha value is -2.59. The summed E-state index contributed by atoms with van der Waals surface area (Å²) < 4.78 is 6.09. The molecule has 1 aromatic heterocycles. The molecule has 1 N–H and O–H groups in total. The van der Waals surface area contributed by atoms with Crippen LogP contribution in [0.1, 0.15) is 11.1 Å². The van der Waals surface area contributed by atoms with E-state index < -0.39 is 0 Å². The van der Waals surface area contributed by atoms with Crippen molar-refractivity contribution in [1.82, 2.24) is 4.90 Å². The second-order valence-electron chi connectivity index (χ2n) is 5.93. The van der Waals surface area contributed by atoms with Crippen LogP contribution in [-0.4, -0.2) is 24.1 Å². The lowest BCUT2D eigenvalue weighted by atomic mass is 10.0. The summed E-state index contributed by atoms with van der Waals surface area (Å²) in [5.74, 6) is 0.686. The Balaban J connectivity index is 2.37. The van der Waals surface area contributed by atoms with Gasteiger partial charge < -0.3 is 14.4 Å². The molecule has 0 atom stereocenters. The van der Waals surface area contributed by atoms with Crippen molar-refractivity contribution in [3.8, 4) is 17.1 Å². The molecule has 23 heavy (non-hydrogen) atoms. The monoisotopic (exact) mass is 309 g/mol. The second-order valence-corrected chi connectivity index (χ2v) is 5.93. The lowest BCUT2D eigenvalue weighted by Crippen LogP contribution is -2.13. The molecule has 118 valence electrons. The first-order valence-electron chi connectivity index (χ1n) is 7.47. The number of hydrogen-bond acceptors (Lipinski definition) is 4. The van der Waals surface area contributed by atoms with Gasteiger partial charge in [0.1, 0.15) is 17.1 Å². The molecule has 0 aliphatic heterocycles. The largest absolute Gasteiger partial charge is 0.507 e. The Labute approximate surface area is 134 Å². The van der Waals surface area contributed by atoms with E-state index in [4.69, 9.17) is 4.42 Å². The maximum atomic E-state index is 12.7. The molecule has 3 rings (SSSR count). The SMILES string of the molecule is Cc1c(-c2ccccc2)oc2c(CN(C)C)c(O)ccc2c1=O. The summed E-state index contributed by atoms with van der Waals surface area (Å²) in [7, 11) is 3.81. The van der Waals surface area contributed by atoms with Crippen LogP contribution < -0.4 is 5.43 Å². The van der Waals surface area contributed by atoms with Gasteiger partial charge in [-0.15, -0.1) is 0 Å². The Bertz CT molecular complexity index is 911. The molecule has 4 nitrogen and oxygen atoms in total. The van der Waals surface area contributed by atoms with Gasteiger partial charge in [0.2, 0.25) is 0 Å². The molecule has 0 amide bonds. The second kappa shape index (κ2) is 5.89. The van der Waals surface area contributed by atoms with Crippen LogP contribution in [0.4, 0.5) is 0 Å². The Morgan fingerprint density at radius 1 is 1.09 bits per heavy atom. The van der Waals surface area contributed by atoms with Gasteiger partial charge in [-0.25, -0.2) is 0 Å². The summed E-state index contributed by atoms with van der Waals surface area (Å²) in [5, 5.41) is 10.7. The van der Waals surface area contributed by atoms with E-state index in [9.17, 15) is 9.90 Å². The molecule has 0 unspecified atom stereocenters. The molecule has 2 aromatic carbocycles. The predicted octanol–water partition coefficient (Wildman–Crippen LogP) is 3.54. The minimum Gasteiger partial charge on any atom is -0.507 e. The number of phenols is 1. The fraction of sp³-hybridized carbons (Fsp3) is 0.211. The zero-order valence-corrected chi connectivity index (χ0v) is 13.5. The summed E-state index contributed by atoms with van der Waals surface area (Å²) in [6, 6.07) is 12.7. The quantitative estimate of drug-likeness (QED) is 0.804. The first-order valence-corrected chi connectivity index (χ1v) is 7.47. The molecule has 0 radical (unpaired) electrons. The minimum absolute atomic E-state index is 0.0647. The van der Waals surface area contributed by atoms with E-state index in [2.05, 4.69) is 0 Å². The average molecular weight is 309 g/mol. The van der Waals surface area contributed by atoms with Crippen molar-refractivity contribution < 1.29 is 9.52 Å². The van der Waals surface area contributed by atoms with Crippen LogP contribution in [0, 0.1) is 6.92 Å². The maximum absolute atomic E-state index is 12.7. The first-order chi connectivity index (χ1) is 11.0. The highest BCUT2D eigenvalue weighted by Crippen LogP contribution is 2.31. The van der Waals surface area contributed by atoms with Crippen molar-refractivity contribution in [2.45, 2.75) is 13.5 Å². The van der Waals surface area contributed by atoms with Crippen molar-refractivity contribution in [1.29, 1.82) is 0 Å². The molecular weight excluding hydrogens is 290 g/mol. The van der Waals surface area contributed by atoms with Crippen LogP contribution in [-0.2, 0) is 6.54 Å². The van der Waals surface area contributed by atoms with Gasteiger partial charge in [0, 0.05) is 17.7 Å². The Morgan fingerprint density at radius 2 is 1.78 bits per heavy atom. The number of benzene rings is 2. The van der Waals surface area contributed by atoms with Gasteiger partial charge in [-0.05, 0) is 33.2 Å². The highest BCUT2D eigenvalue weighted by molar-refractivity contribution is 5.84. The number of nitrogens with zero attached hydrogens (tertiary/aromatic N) is 1. The third kappa shape index (κ3) is 2.73. The Kier molecular flexibility index (Phi) is 3.92. The van der Waals surface area contributed by atoms with Gasteiger partial charge in [0.15, 0.2) is 5.43 Å². The fourth-order valence-electron chi connectivity index (χ4n) is 2.73. The summed E-state index contributed by atoms with van der Waals surface area (Å²) in [6.45, 7) is 2.26. The van der Waals surface area contributed by atoms with Crippen LogP contribution >= 0.6 is 0 Å². The van der Waals surface area contributed by atoms with E-state index in [1.165, 1.54) is 0 Å². The van der Waals surface area contributed by atoms with Gasteiger partial charge >= 0.3 is 0 Å². The fourth-order valence-corrected chi connectivity index (χ4v) is 2.73. The smallest absolute Gasteiger partial charge is 0.196 e. The highest BCUT2D eigenvalue weighted by Gasteiger charge is 2.17. The summed E-state index contributed by atoms with van der Waals surface area (Å²) in [6.07, 6.45) is 0. The van der Waals surface area contributed by atoms with E-state index in [-0.39, 0.29) is 11.2 Å². The van der Waals surface area contributed by atoms with Crippen LogP contribution in [0.5, 0.6) is 5.75 Å². The molecule has 0 aliphatic carbocycles. The lowest BCUT2D eigenvalue weighted by Gasteiger charge is -2.14. The summed E-state index contributed by atoms with van der Waals surface area (Å²) >= 11 is 0. The molecule has 0 fully saturated rings. The molecule has 1 heterocycles. The first kappa shape index (κ1) is 15.3.